The van der Waals surface area contributed by atoms with Crippen molar-refractivity contribution in [1.29, 1.82) is 0 Å². The lowest BCUT2D eigenvalue weighted by molar-refractivity contribution is 0.0644. The number of amides is 1. The second-order valence-electron chi connectivity index (χ2n) is 5.10. The van der Waals surface area contributed by atoms with Crippen molar-refractivity contribution in [1.82, 2.24) is 4.90 Å². The van der Waals surface area contributed by atoms with Gasteiger partial charge in [0.1, 0.15) is 0 Å². The number of aliphatic hydroxyl groups is 1. The zero-order valence-electron chi connectivity index (χ0n) is 11.3. The highest BCUT2D eigenvalue weighted by molar-refractivity contribution is 6.04. The largest absolute Gasteiger partial charge is 0.478 e. The van der Waals surface area contributed by atoms with Gasteiger partial charge in [0.2, 0.25) is 0 Å². The number of rotatable bonds is 4. The van der Waals surface area contributed by atoms with E-state index in [4.69, 9.17) is 10.2 Å². The smallest absolute Gasteiger partial charge is 0.336 e. The van der Waals surface area contributed by atoms with Crippen molar-refractivity contribution in [3.05, 3.63) is 35.4 Å². The fourth-order valence-electron chi connectivity index (χ4n) is 2.63. The van der Waals surface area contributed by atoms with E-state index in [0.717, 1.165) is 19.3 Å². The van der Waals surface area contributed by atoms with Crippen LogP contribution in [0.5, 0.6) is 0 Å². The Morgan fingerprint density at radius 2 is 1.75 bits per heavy atom. The Hall–Kier alpha value is -1.88. The van der Waals surface area contributed by atoms with Crippen LogP contribution < -0.4 is 0 Å². The maximum atomic E-state index is 12.4. The summed E-state index contributed by atoms with van der Waals surface area (Å²) in [5.74, 6) is -0.840. The van der Waals surface area contributed by atoms with E-state index in [1.165, 1.54) is 6.07 Å². The van der Waals surface area contributed by atoms with Gasteiger partial charge in [0.15, 0.2) is 0 Å². The number of carboxylic acid groups (broad SMARTS) is 1. The number of hydrogen-bond donors (Lipinski definition) is 2. The van der Waals surface area contributed by atoms with Gasteiger partial charge in [-0.2, -0.15) is 0 Å². The van der Waals surface area contributed by atoms with Crippen molar-refractivity contribution in [2.75, 3.05) is 19.7 Å². The van der Waals surface area contributed by atoms with Gasteiger partial charge in [0.05, 0.1) is 11.1 Å². The molecule has 0 aliphatic carbocycles. The van der Waals surface area contributed by atoms with Crippen LogP contribution in [-0.2, 0) is 0 Å². The van der Waals surface area contributed by atoms with Crippen LogP contribution in [0.15, 0.2) is 24.3 Å². The topological polar surface area (TPSA) is 77.8 Å². The van der Waals surface area contributed by atoms with Crippen LogP contribution >= 0.6 is 0 Å². The predicted molar refractivity (Wildman–Crippen MR) is 73.7 cm³/mol. The minimum absolute atomic E-state index is 0.0509. The SMILES string of the molecule is O=C(O)c1ccccc1C(=O)N1CCC(CCO)CC1. The Morgan fingerprint density at radius 3 is 2.30 bits per heavy atom. The van der Waals surface area contributed by atoms with E-state index in [-0.39, 0.29) is 23.6 Å². The molecule has 0 radical (unpaired) electrons. The molecule has 20 heavy (non-hydrogen) atoms. The number of piperidine rings is 1. The minimum Gasteiger partial charge on any atom is -0.478 e. The van der Waals surface area contributed by atoms with E-state index >= 15 is 0 Å². The molecule has 0 bridgehead atoms. The highest BCUT2D eigenvalue weighted by Crippen LogP contribution is 2.22. The number of aliphatic hydroxyl groups excluding tert-OH is 1. The third kappa shape index (κ3) is 3.17. The third-order valence-corrected chi connectivity index (χ3v) is 3.83. The first kappa shape index (κ1) is 14.5. The highest BCUT2D eigenvalue weighted by Gasteiger charge is 2.25. The van der Waals surface area contributed by atoms with E-state index in [1.807, 2.05) is 0 Å². The molecule has 5 nitrogen and oxygen atoms in total. The van der Waals surface area contributed by atoms with Gasteiger partial charge in [-0.05, 0) is 37.3 Å². The van der Waals surface area contributed by atoms with Crippen LogP contribution in [0.3, 0.4) is 0 Å². The third-order valence-electron chi connectivity index (χ3n) is 3.83. The molecule has 1 aromatic carbocycles. The number of hydrogen-bond acceptors (Lipinski definition) is 3. The van der Waals surface area contributed by atoms with Crippen LogP contribution in [0.25, 0.3) is 0 Å². The summed E-state index contributed by atoms with van der Waals surface area (Å²) in [6, 6.07) is 6.31. The van der Waals surface area contributed by atoms with Crippen molar-refractivity contribution in [3.63, 3.8) is 0 Å². The van der Waals surface area contributed by atoms with Crippen molar-refractivity contribution < 1.29 is 19.8 Å². The summed E-state index contributed by atoms with van der Waals surface area (Å²) in [5, 5.41) is 18.0. The lowest BCUT2D eigenvalue weighted by Crippen LogP contribution is -2.39. The van der Waals surface area contributed by atoms with Crippen LogP contribution in [0.1, 0.15) is 40.0 Å². The number of aromatic carboxylic acids is 1. The molecule has 0 aromatic heterocycles. The van der Waals surface area contributed by atoms with Gasteiger partial charge >= 0.3 is 5.97 Å². The van der Waals surface area contributed by atoms with Crippen LogP contribution in [0.2, 0.25) is 0 Å². The number of benzene rings is 1. The fraction of sp³-hybridized carbons (Fsp3) is 0.467. The molecular weight excluding hydrogens is 258 g/mol. The van der Waals surface area contributed by atoms with Crippen LogP contribution in [-0.4, -0.2) is 46.7 Å². The molecule has 0 spiro atoms. The number of nitrogens with zero attached hydrogens (tertiary/aromatic N) is 1. The number of carbonyl (C=O) groups excluding carboxylic acids is 1. The molecule has 1 aliphatic heterocycles. The van der Waals surface area contributed by atoms with Gasteiger partial charge in [-0.1, -0.05) is 12.1 Å². The van der Waals surface area contributed by atoms with Gasteiger partial charge in [-0.3, -0.25) is 4.79 Å². The number of carboxylic acids is 1. The quantitative estimate of drug-likeness (QED) is 0.876. The maximum absolute atomic E-state index is 12.4. The summed E-state index contributed by atoms with van der Waals surface area (Å²) in [6.45, 7) is 1.43. The zero-order chi connectivity index (χ0) is 14.5. The zero-order valence-corrected chi connectivity index (χ0v) is 11.3. The fourth-order valence-corrected chi connectivity index (χ4v) is 2.63. The van der Waals surface area contributed by atoms with Crippen molar-refractivity contribution in [3.8, 4) is 0 Å². The Bertz CT molecular complexity index is 492. The molecule has 2 rings (SSSR count). The molecule has 1 fully saturated rings. The molecule has 1 heterocycles. The normalized spacial score (nSPS) is 16.1. The minimum atomic E-state index is -1.08. The van der Waals surface area contributed by atoms with E-state index in [0.29, 0.717) is 19.0 Å². The van der Waals surface area contributed by atoms with Gasteiger partial charge in [0, 0.05) is 19.7 Å². The Balaban J connectivity index is 2.08. The molecular formula is C15H19NO4. The standard InChI is InChI=1S/C15H19NO4/c17-10-7-11-5-8-16(9-6-11)14(18)12-3-1-2-4-13(12)15(19)20/h1-4,11,17H,5-10H2,(H,19,20). The predicted octanol–water partition coefficient (Wildman–Crippen LogP) is 1.62. The first-order chi connectivity index (χ1) is 9.63. The first-order valence-electron chi connectivity index (χ1n) is 6.86. The summed E-state index contributed by atoms with van der Waals surface area (Å²) >= 11 is 0. The molecule has 0 atom stereocenters. The molecule has 1 aliphatic rings. The number of likely N-dealkylation sites (tertiary alicyclic amines) is 1. The van der Waals surface area contributed by atoms with Gasteiger partial charge < -0.3 is 15.1 Å². The summed E-state index contributed by atoms with van der Waals surface area (Å²) in [6.07, 6.45) is 2.50. The molecule has 1 aromatic rings. The molecule has 0 saturated carbocycles. The molecule has 0 unspecified atom stereocenters. The molecule has 108 valence electrons. The monoisotopic (exact) mass is 277 g/mol. The average molecular weight is 277 g/mol. The Labute approximate surface area is 117 Å². The molecule has 1 amide bonds. The average Bonchev–Trinajstić information content (AvgIpc) is 2.47. The van der Waals surface area contributed by atoms with Crippen molar-refractivity contribution >= 4 is 11.9 Å². The Kier molecular flexibility index (Phi) is 4.74. The van der Waals surface area contributed by atoms with Gasteiger partial charge in [-0.25, -0.2) is 4.79 Å². The first-order valence-corrected chi connectivity index (χ1v) is 6.86. The lowest BCUT2D eigenvalue weighted by Gasteiger charge is -2.32. The summed E-state index contributed by atoms with van der Waals surface area (Å²) in [5.41, 5.74) is 0.301. The van der Waals surface area contributed by atoms with E-state index in [1.54, 1.807) is 23.1 Å². The molecule has 5 heteroatoms. The van der Waals surface area contributed by atoms with E-state index < -0.39 is 5.97 Å². The second kappa shape index (κ2) is 6.52. The summed E-state index contributed by atoms with van der Waals surface area (Å²) in [7, 11) is 0. The molecule has 1 saturated heterocycles. The Morgan fingerprint density at radius 1 is 1.15 bits per heavy atom. The lowest BCUT2D eigenvalue weighted by atomic mass is 9.93. The van der Waals surface area contributed by atoms with Crippen molar-refractivity contribution in [2.45, 2.75) is 19.3 Å². The van der Waals surface area contributed by atoms with Crippen LogP contribution in [0, 0.1) is 5.92 Å². The summed E-state index contributed by atoms with van der Waals surface area (Å²) < 4.78 is 0. The van der Waals surface area contributed by atoms with Crippen molar-refractivity contribution in [2.24, 2.45) is 5.92 Å². The van der Waals surface area contributed by atoms with Crippen LogP contribution in [0.4, 0.5) is 0 Å². The van der Waals surface area contributed by atoms with Gasteiger partial charge in [-0.15, -0.1) is 0 Å². The second-order valence-corrected chi connectivity index (χ2v) is 5.10. The van der Waals surface area contributed by atoms with E-state index in [2.05, 4.69) is 0 Å². The maximum Gasteiger partial charge on any atom is 0.336 e. The van der Waals surface area contributed by atoms with Gasteiger partial charge in [0.25, 0.3) is 5.91 Å². The number of carbonyl (C=O) groups is 2. The van der Waals surface area contributed by atoms with E-state index in [9.17, 15) is 9.59 Å². The molecule has 2 N–H and O–H groups in total. The summed E-state index contributed by atoms with van der Waals surface area (Å²) in [4.78, 5) is 25.3. The highest BCUT2D eigenvalue weighted by atomic mass is 16.4.